The lowest BCUT2D eigenvalue weighted by atomic mass is 10.2. The number of hydrogen-bond acceptors (Lipinski definition) is 4. The molecule has 3 aromatic rings. The van der Waals surface area contributed by atoms with Crippen molar-refractivity contribution in [3.63, 3.8) is 0 Å². The van der Waals surface area contributed by atoms with Gasteiger partial charge in [0.25, 0.3) is 5.91 Å². The molecule has 0 radical (unpaired) electrons. The molecule has 0 atom stereocenters. The number of nitrogens with one attached hydrogen (secondary N) is 1. The molecule has 0 heterocycles. The number of carbonyl (C=O) groups excluding carboxylic acids is 1. The molecule has 0 saturated heterocycles. The Morgan fingerprint density at radius 3 is 2.23 bits per heavy atom. The van der Waals surface area contributed by atoms with Gasteiger partial charge in [0.15, 0.2) is 0 Å². The number of benzene rings is 3. The molecule has 0 spiro atoms. The van der Waals surface area contributed by atoms with Crippen molar-refractivity contribution in [3.8, 4) is 17.2 Å². The molecule has 0 saturated carbocycles. The van der Waals surface area contributed by atoms with E-state index in [0.29, 0.717) is 36.8 Å². The van der Waals surface area contributed by atoms with E-state index < -0.39 is 0 Å². The van der Waals surface area contributed by atoms with Crippen LogP contribution in [0.15, 0.2) is 72.8 Å². The van der Waals surface area contributed by atoms with Gasteiger partial charge in [-0.2, -0.15) is 0 Å². The van der Waals surface area contributed by atoms with Gasteiger partial charge in [-0.15, -0.1) is 0 Å². The van der Waals surface area contributed by atoms with Crippen molar-refractivity contribution in [1.82, 2.24) is 0 Å². The summed E-state index contributed by atoms with van der Waals surface area (Å²) in [4.78, 5) is 12.5. The lowest BCUT2D eigenvalue weighted by Crippen LogP contribution is -2.13. The average molecular weight is 420 g/mol. The molecule has 0 aliphatic carbocycles. The van der Waals surface area contributed by atoms with Gasteiger partial charge in [0.1, 0.15) is 17.2 Å². The minimum Gasteiger partial charge on any atom is -0.494 e. The quantitative estimate of drug-likeness (QED) is 0.394. The minimum absolute atomic E-state index is 0.188. The number of rotatable bonds is 11. The second-order valence-electron chi connectivity index (χ2n) is 7.13. The van der Waals surface area contributed by atoms with Crippen LogP contribution in [0.25, 0.3) is 0 Å². The van der Waals surface area contributed by atoms with Crippen molar-refractivity contribution in [3.05, 3.63) is 83.9 Å². The fourth-order valence-corrected chi connectivity index (χ4v) is 3.04. The van der Waals surface area contributed by atoms with E-state index in [4.69, 9.17) is 14.2 Å². The second-order valence-corrected chi connectivity index (χ2v) is 7.13. The highest BCUT2D eigenvalue weighted by Crippen LogP contribution is 2.24. The number of amides is 1. The van der Waals surface area contributed by atoms with E-state index >= 15 is 0 Å². The first-order chi connectivity index (χ1) is 15.2. The van der Waals surface area contributed by atoms with Crippen LogP contribution in [-0.2, 0) is 0 Å². The second kappa shape index (κ2) is 11.6. The van der Waals surface area contributed by atoms with Crippen LogP contribution in [0.5, 0.6) is 17.2 Å². The lowest BCUT2D eigenvalue weighted by Gasteiger charge is -2.12. The van der Waals surface area contributed by atoms with Gasteiger partial charge in [-0.05, 0) is 80.8 Å². The number of anilines is 1. The van der Waals surface area contributed by atoms with Gasteiger partial charge >= 0.3 is 0 Å². The Balaban J connectivity index is 1.40. The molecule has 0 aliphatic heterocycles. The highest BCUT2D eigenvalue weighted by atomic mass is 16.5. The Bertz CT molecular complexity index is 969. The van der Waals surface area contributed by atoms with Crippen LogP contribution >= 0.6 is 0 Å². The van der Waals surface area contributed by atoms with Crippen LogP contribution < -0.4 is 19.5 Å². The van der Waals surface area contributed by atoms with Crippen molar-refractivity contribution in [2.24, 2.45) is 0 Å². The largest absolute Gasteiger partial charge is 0.494 e. The zero-order valence-electron chi connectivity index (χ0n) is 18.1. The van der Waals surface area contributed by atoms with E-state index in [0.717, 1.165) is 24.3 Å². The summed E-state index contributed by atoms with van der Waals surface area (Å²) in [7, 11) is 0. The predicted molar refractivity (Wildman–Crippen MR) is 123 cm³/mol. The number of ether oxygens (including phenoxy) is 3. The molecular weight excluding hydrogens is 390 g/mol. The Hall–Kier alpha value is -3.47. The number of aryl methyl sites for hydroxylation is 1. The topological polar surface area (TPSA) is 56.8 Å². The lowest BCUT2D eigenvalue weighted by molar-refractivity contribution is 0.102. The van der Waals surface area contributed by atoms with Crippen LogP contribution in [0.4, 0.5) is 5.69 Å². The van der Waals surface area contributed by atoms with Crippen LogP contribution in [0.2, 0.25) is 0 Å². The summed E-state index contributed by atoms with van der Waals surface area (Å²) >= 11 is 0. The van der Waals surface area contributed by atoms with Gasteiger partial charge in [-0.1, -0.05) is 24.3 Å². The van der Waals surface area contributed by atoms with Crippen LogP contribution in [-0.4, -0.2) is 25.7 Å². The molecule has 0 bridgehead atoms. The number of unbranched alkanes of at least 4 members (excludes halogenated alkanes) is 1. The van der Waals surface area contributed by atoms with E-state index in [-0.39, 0.29) is 5.91 Å². The monoisotopic (exact) mass is 419 g/mol. The maximum absolute atomic E-state index is 12.5. The Kier molecular flexibility index (Phi) is 8.35. The summed E-state index contributed by atoms with van der Waals surface area (Å²) in [6.45, 7) is 5.76. The normalized spacial score (nSPS) is 10.4. The zero-order chi connectivity index (χ0) is 21.9. The molecule has 3 rings (SSSR count). The first kappa shape index (κ1) is 22.2. The van der Waals surface area contributed by atoms with Crippen molar-refractivity contribution in [2.45, 2.75) is 26.7 Å². The molecule has 0 fully saturated rings. The van der Waals surface area contributed by atoms with Crippen molar-refractivity contribution in [1.29, 1.82) is 0 Å². The average Bonchev–Trinajstić information content (AvgIpc) is 2.78. The van der Waals surface area contributed by atoms with Gasteiger partial charge < -0.3 is 19.5 Å². The van der Waals surface area contributed by atoms with Crippen molar-refractivity contribution in [2.75, 3.05) is 25.1 Å². The third-order valence-electron chi connectivity index (χ3n) is 4.62. The van der Waals surface area contributed by atoms with E-state index in [1.54, 1.807) is 12.1 Å². The summed E-state index contributed by atoms with van der Waals surface area (Å²) in [6, 6.07) is 22.6. The summed E-state index contributed by atoms with van der Waals surface area (Å²) in [5.41, 5.74) is 2.41. The molecule has 0 unspecified atom stereocenters. The minimum atomic E-state index is -0.188. The molecule has 31 heavy (non-hydrogen) atoms. The van der Waals surface area contributed by atoms with Gasteiger partial charge in [-0.25, -0.2) is 0 Å². The van der Waals surface area contributed by atoms with Gasteiger partial charge in [0.2, 0.25) is 0 Å². The number of para-hydroxylation sites is 2. The first-order valence-corrected chi connectivity index (χ1v) is 10.6. The smallest absolute Gasteiger partial charge is 0.255 e. The van der Waals surface area contributed by atoms with Crippen molar-refractivity contribution < 1.29 is 19.0 Å². The van der Waals surface area contributed by atoms with Crippen LogP contribution in [0.3, 0.4) is 0 Å². The Morgan fingerprint density at radius 1 is 0.806 bits per heavy atom. The highest BCUT2D eigenvalue weighted by molar-refractivity contribution is 6.05. The zero-order valence-corrected chi connectivity index (χ0v) is 18.1. The molecule has 1 amide bonds. The summed E-state index contributed by atoms with van der Waals surface area (Å²) < 4.78 is 17.1. The molecule has 0 aromatic heterocycles. The fourth-order valence-electron chi connectivity index (χ4n) is 3.04. The Labute approximate surface area is 184 Å². The van der Waals surface area contributed by atoms with E-state index in [1.165, 1.54) is 5.56 Å². The molecule has 5 nitrogen and oxygen atoms in total. The highest BCUT2D eigenvalue weighted by Gasteiger charge is 2.10. The van der Waals surface area contributed by atoms with E-state index in [1.807, 2.05) is 61.5 Å². The summed E-state index contributed by atoms with van der Waals surface area (Å²) in [5, 5.41) is 2.90. The number of hydrogen-bond donors (Lipinski definition) is 1. The third-order valence-corrected chi connectivity index (χ3v) is 4.62. The predicted octanol–water partition coefficient (Wildman–Crippen LogP) is 5.88. The van der Waals surface area contributed by atoms with Crippen LogP contribution in [0, 0.1) is 6.92 Å². The third kappa shape index (κ3) is 7.07. The first-order valence-electron chi connectivity index (χ1n) is 10.6. The van der Waals surface area contributed by atoms with E-state index in [9.17, 15) is 4.79 Å². The Morgan fingerprint density at radius 2 is 1.52 bits per heavy atom. The maximum atomic E-state index is 12.5. The molecule has 0 aliphatic rings. The maximum Gasteiger partial charge on any atom is 0.255 e. The molecule has 162 valence electrons. The fraction of sp³-hybridized carbons (Fsp3) is 0.269. The van der Waals surface area contributed by atoms with Crippen molar-refractivity contribution >= 4 is 11.6 Å². The van der Waals surface area contributed by atoms with Gasteiger partial charge in [-0.3, -0.25) is 4.79 Å². The number of carbonyl (C=O) groups is 1. The standard InChI is InChI=1S/C26H29NO4/c1-3-29-25-12-5-4-11-24(25)27-26(28)21-13-15-22(16-14-21)30-17-6-7-18-31-23-10-8-9-20(2)19-23/h4-5,8-16,19H,3,6-7,17-18H2,1-2H3,(H,27,28). The molecule has 5 heteroatoms. The summed E-state index contributed by atoms with van der Waals surface area (Å²) in [5.74, 6) is 2.11. The van der Waals surface area contributed by atoms with Crippen LogP contribution in [0.1, 0.15) is 35.7 Å². The molecular formula is C26H29NO4. The molecule has 1 N–H and O–H groups in total. The van der Waals surface area contributed by atoms with E-state index in [2.05, 4.69) is 18.3 Å². The van der Waals surface area contributed by atoms with Gasteiger partial charge in [0.05, 0.1) is 25.5 Å². The SMILES string of the molecule is CCOc1ccccc1NC(=O)c1ccc(OCCCCOc2cccc(C)c2)cc1. The summed E-state index contributed by atoms with van der Waals surface area (Å²) in [6.07, 6.45) is 1.80. The van der Waals surface area contributed by atoms with Gasteiger partial charge in [0, 0.05) is 5.56 Å². The molecule has 3 aromatic carbocycles.